The van der Waals surface area contributed by atoms with E-state index in [0.29, 0.717) is 25.3 Å². The van der Waals surface area contributed by atoms with Crippen LogP contribution in [0.25, 0.3) is 0 Å². The van der Waals surface area contributed by atoms with E-state index in [4.69, 9.17) is 9.84 Å². The highest BCUT2D eigenvalue weighted by Crippen LogP contribution is 2.12. The summed E-state index contributed by atoms with van der Waals surface area (Å²) in [5.74, 6) is -0.172. The maximum Gasteiger partial charge on any atom is 0.307 e. The number of aliphatic carboxylic acids is 1. The number of benzene rings is 2. The average molecular weight is 352 g/mol. The smallest absolute Gasteiger partial charge is 0.307 e. The van der Waals surface area contributed by atoms with E-state index in [1.807, 2.05) is 30.3 Å². The number of carboxylic acids is 1. The van der Waals surface area contributed by atoms with Crippen LogP contribution in [0, 0.1) is 0 Å². The van der Waals surface area contributed by atoms with Gasteiger partial charge in [0, 0.05) is 13.0 Å². The van der Waals surface area contributed by atoms with E-state index in [2.05, 4.69) is 5.32 Å². The Labute approximate surface area is 147 Å². The molecular weight excluding hydrogens is 330 g/mol. The molecule has 1 atom stereocenters. The summed E-state index contributed by atoms with van der Waals surface area (Å²) in [6.45, 7) is 0.939. The van der Waals surface area contributed by atoms with Crippen molar-refractivity contribution in [2.45, 2.75) is 19.1 Å². The lowest BCUT2D eigenvalue weighted by Crippen LogP contribution is -2.34. The van der Waals surface area contributed by atoms with Crippen LogP contribution < -0.4 is 10.1 Å². The Kier molecular flexibility index (Phi) is 8.86. The zero-order valence-electron chi connectivity index (χ0n) is 13.2. The third kappa shape index (κ3) is 7.46. The predicted octanol–water partition coefficient (Wildman–Crippen LogP) is 2.26. The number of nitrogens with one attached hydrogen (secondary N) is 1. The van der Waals surface area contributed by atoms with Crippen molar-refractivity contribution in [2.75, 3.05) is 13.2 Å². The molecule has 1 unspecified atom stereocenters. The third-order valence-corrected chi connectivity index (χ3v) is 3.30. The zero-order valence-corrected chi connectivity index (χ0v) is 14.0. The van der Waals surface area contributed by atoms with Crippen molar-refractivity contribution in [3.8, 4) is 5.75 Å². The van der Waals surface area contributed by atoms with E-state index in [1.165, 1.54) is 0 Å². The maximum atomic E-state index is 10.6. The van der Waals surface area contributed by atoms with Crippen LogP contribution in [0.15, 0.2) is 54.6 Å². The molecule has 0 saturated heterocycles. The number of halogens is 1. The summed E-state index contributed by atoms with van der Waals surface area (Å²) in [6, 6.07) is 16.7. The first-order valence-corrected chi connectivity index (χ1v) is 7.52. The zero-order chi connectivity index (χ0) is 16.5. The molecule has 0 aliphatic carbocycles. The van der Waals surface area contributed by atoms with Gasteiger partial charge in [-0.2, -0.15) is 0 Å². The third-order valence-electron chi connectivity index (χ3n) is 3.30. The molecule has 0 aliphatic heterocycles. The molecule has 0 aliphatic rings. The van der Waals surface area contributed by atoms with Gasteiger partial charge in [0.2, 0.25) is 0 Å². The molecule has 0 amide bonds. The summed E-state index contributed by atoms with van der Waals surface area (Å²) in [6.07, 6.45) is -0.0583. The number of hydrogen-bond acceptors (Lipinski definition) is 4. The average Bonchev–Trinajstić information content (AvgIpc) is 2.53. The highest BCUT2D eigenvalue weighted by atomic mass is 35.5. The Bertz CT molecular complexity index is 604. The van der Waals surface area contributed by atoms with Gasteiger partial charge in [-0.3, -0.25) is 10.1 Å². The van der Waals surface area contributed by atoms with Crippen molar-refractivity contribution in [3.05, 3.63) is 65.7 Å². The van der Waals surface area contributed by atoms with E-state index in [9.17, 15) is 9.90 Å². The molecule has 6 heteroatoms. The number of aliphatic hydroxyl groups excluding tert-OH is 1. The Hall–Kier alpha value is -2.08. The van der Waals surface area contributed by atoms with Crippen LogP contribution in [-0.2, 0) is 17.6 Å². The van der Waals surface area contributed by atoms with Crippen LogP contribution in [0.2, 0.25) is 0 Å². The molecule has 2 rings (SSSR count). The number of aliphatic hydroxyl groups is 1. The molecule has 0 heterocycles. The summed E-state index contributed by atoms with van der Waals surface area (Å²) < 4.78 is 5.55. The van der Waals surface area contributed by atoms with E-state index >= 15 is 0 Å². The summed E-state index contributed by atoms with van der Waals surface area (Å²) >= 11 is 0. The topological polar surface area (TPSA) is 78.8 Å². The van der Waals surface area contributed by atoms with Gasteiger partial charge in [0.15, 0.2) is 0 Å². The molecule has 5 nitrogen and oxygen atoms in total. The number of rotatable bonds is 9. The second-order valence-corrected chi connectivity index (χ2v) is 5.22. The summed E-state index contributed by atoms with van der Waals surface area (Å²) in [5, 5.41) is 21.6. The lowest BCUT2D eigenvalue weighted by atomic mass is 10.1. The summed E-state index contributed by atoms with van der Waals surface area (Å²) in [7, 11) is 0. The number of carbonyl (C=O) groups is 1. The van der Waals surface area contributed by atoms with E-state index in [-0.39, 0.29) is 18.8 Å². The Balaban J connectivity index is 0.00000288. The lowest BCUT2D eigenvalue weighted by molar-refractivity contribution is -0.136. The fourth-order valence-corrected chi connectivity index (χ4v) is 2.18. The van der Waals surface area contributed by atoms with Gasteiger partial charge in [-0.1, -0.05) is 42.5 Å². The molecular formula is C18H22ClNO4. The van der Waals surface area contributed by atoms with Gasteiger partial charge in [-0.15, -0.1) is 12.4 Å². The largest absolute Gasteiger partial charge is 0.492 e. The summed E-state index contributed by atoms with van der Waals surface area (Å²) in [5.41, 5.74) is 1.81. The molecule has 0 radical (unpaired) electrons. The van der Waals surface area contributed by atoms with Crippen LogP contribution in [0.1, 0.15) is 11.1 Å². The Morgan fingerprint density at radius 2 is 1.71 bits per heavy atom. The SMILES string of the molecule is Cl.O=C(O)Cc1ccc(OCCNC(O)Cc2ccccc2)cc1. The van der Waals surface area contributed by atoms with Crippen molar-refractivity contribution in [1.82, 2.24) is 5.32 Å². The minimum Gasteiger partial charge on any atom is -0.492 e. The van der Waals surface area contributed by atoms with Gasteiger partial charge in [0.05, 0.1) is 6.42 Å². The number of carboxylic acid groups (broad SMARTS) is 1. The van der Waals surface area contributed by atoms with Gasteiger partial charge >= 0.3 is 5.97 Å². The molecule has 24 heavy (non-hydrogen) atoms. The monoisotopic (exact) mass is 351 g/mol. The molecule has 130 valence electrons. The van der Waals surface area contributed by atoms with Crippen LogP contribution in [0.3, 0.4) is 0 Å². The van der Waals surface area contributed by atoms with E-state index in [0.717, 1.165) is 11.1 Å². The van der Waals surface area contributed by atoms with Crippen molar-refractivity contribution in [1.29, 1.82) is 0 Å². The van der Waals surface area contributed by atoms with Gasteiger partial charge in [-0.25, -0.2) is 0 Å². The quantitative estimate of drug-likeness (QED) is 0.477. The second-order valence-electron chi connectivity index (χ2n) is 5.22. The predicted molar refractivity (Wildman–Crippen MR) is 94.7 cm³/mol. The van der Waals surface area contributed by atoms with Gasteiger partial charge in [0.25, 0.3) is 0 Å². The van der Waals surface area contributed by atoms with Crippen molar-refractivity contribution >= 4 is 18.4 Å². The maximum absolute atomic E-state index is 10.6. The van der Waals surface area contributed by atoms with Crippen molar-refractivity contribution in [3.63, 3.8) is 0 Å². The van der Waals surface area contributed by atoms with E-state index < -0.39 is 12.2 Å². The first-order chi connectivity index (χ1) is 11.1. The molecule has 0 bridgehead atoms. The first kappa shape index (κ1) is 20.0. The molecule has 2 aromatic rings. The summed E-state index contributed by atoms with van der Waals surface area (Å²) in [4.78, 5) is 10.6. The lowest BCUT2D eigenvalue weighted by Gasteiger charge is -2.13. The van der Waals surface area contributed by atoms with Gasteiger partial charge in [0.1, 0.15) is 18.6 Å². The minimum atomic E-state index is -0.852. The van der Waals surface area contributed by atoms with Gasteiger partial charge in [-0.05, 0) is 23.3 Å². The highest BCUT2D eigenvalue weighted by molar-refractivity contribution is 5.85. The van der Waals surface area contributed by atoms with Gasteiger partial charge < -0.3 is 14.9 Å². The second kappa shape index (κ2) is 10.6. The Morgan fingerprint density at radius 3 is 2.33 bits per heavy atom. The van der Waals surface area contributed by atoms with E-state index in [1.54, 1.807) is 24.3 Å². The molecule has 0 spiro atoms. The number of ether oxygens (including phenoxy) is 1. The van der Waals surface area contributed by atoms with Crippen LogP contribution >= 0.6 is 12.4 Å². The Morgan fingerprint density at radius 1 is 1.04 bits per heavy atom. The highest BCUT2D eigenvalue weighted by Gasteiger charge is 2.04. The molecule has 0 aromatic heterocycles. The van der Waals surface area contributed by atoms with Crippen LogP contribution in [0.4, 0.5) is 0 Å². The molecule has 2 aromatic carbocycles. The fourth-order valence-electron chi connectivity index (χ4n) is 2.18. The molecule has 0 fully saturated rings. The standard InChI is InChI=1S/C18H21NO4.ClH/c20-17(12-14-4-2-1-3-5-14)19-10-11-23-16-8-6-15(7-9-16)13-18(21)22;/h1-9,17,19-20H,10-13H2,(H,21,22);1H. The van der Waals surface area contributed by atoms with Crippen LogP contribution in [0.5, 0.6) is 5.75 Å². The normalized spacial score (nSPS) is 11.4. The fraction of sp³-hybridized carbons (Fsp3) is 0.278. The van der Waals surface area contributed by atoms with Crippen LogP contribution in [-0.4, -0.2) is 35.6 Å². The first-order valence-electron chi connectivity index (χ1n) is 7.52. The van der Waals surface area contributed by atoms with Crippen molar-refractivity contribution < 1.29 is 19.7 Å². The minimum absolute atomic E-state index is 0. The molecule has 3 N–H and O–H groups in total. The molecule has 0 saturated carbocycles. The van der Waals surface area contributed by atoms with Crippen molar-refractivity contribution in [2.24, 2.45) is 0 Å². The number of hydrogen-bond donors (Lipinski definition) is 3.